The molecule has 102 valence electrons. The molecule has 0 bridgehead atoms. The van der Waals surface area contributed by atoms with Gasteiger partial charge in [-0.25, -0.2) is 4.68 Å². The van der Waals surface area contributed by atoms with Crippen LogP contribution in [0.25, 0.3) is 11.4 Å². The molecule has 0 aliphatic heterocycles. The first-order valence-electron chi connectivity index (χ1n) is 5.78. The SMILES string of the molecule is ClCc1cn(Cc2nc(-c3ccc(Cl)cc3)no2)nn1. The van der Waals surface area contributed by atoms with Crippen LogP contribution in [0, 0.1) is 0 Å². The minimum atomic E-state index is 0.319. The highest BCUT2D eigenvalue weighted by atomic mass is 35.5. The van der Waals surface area contributed by atoms with Crippen molar-refractivity contribution in [3.8, 4) is 11.4 Å². The van der Waals surface area contributed by atoms with Gasteiger partial charge < -0.3 is 4.52 Å². The van der Waals surface area contributed by atoms with E-state index >= 15 is 0 Å². The highest BCUT2D eigenvalue weighted by Crippen LogP contribution is 2.18. The van der Waals surface area contributed by atoms with Crippen molar-refractivity contribution in [2.24, 2.45) is 0 Å². The monoisotopic (exact) mass is 309 g/mol. The molecule has 3 rings (SSSR count). The van der Waals surface area contributed by atoms with Gasteiger partial charge in [-0.15, -0.1) is 16.7 Å². The molecule has 3 aromatic rings. The Morgan fingerprint density at radius 3 is 2.70 bits per heavy atom. The van der Waals surface area contributed by atoms with E-state index in [1.54, 1.807) is 23.0 Å². The van der Waals surface area contributed by atoms with Crippen molar-refractivity contribution < 1.29 is 4.52 Å². The van der Waals surface area contributed by atoms with Gasteiger partial charge >= 0.3 is 0 Å². The summed E-state index contributed by atoms with van der Waals surface area (Å²) in [5.41, 5.74) is 1.54. The van der Waals surface area contributed by atoms with Gasteiger partial charge in [-0.1, -0.05) is 22.0 Å². The van der Waals surface area contributed by atoms with Crippen LogP contribution in [0.4, 0.5) is 0 Å². The highest BCUT2D eigenvalue weighted by Gasteiger charge is 2.10. The molecule has 0 atom stereocenters. The molecule has 20 heavy (non-hydrogen) atoms. The number of hydrogen-bond donors (Lipinski definition) is 0. The van der Waals surface area contributed by atoms with E-state index in [1.807, 2.05) is 12.1 Å². The molecule has 0 fully saturated rings. The number of rotatable bonds is 4. The summed E-state index contributed by atoms with van der Waals surface area (Å²) in [6.45, 7) is 0.352. The first kappa shape index (κ1) is 13.1. The Morgan fingerprint density at radius 2 is 2.00 bits per heavy atom. The predicted molar refractivity (Wildman–Crippen MR) is 73.4 cm³/mol. The van der Waals surface area contributed by atoms with Crippen LogP contribution in [0.15, 0.2) is 35.0 Å². The fraction of sp³-hybridized carbons (Fsp3) is 0.167. The second-order valence-electron chi connectivity index (χ2n) is 4.06. The summed E-state index contributed by atoms with van der Waals surface area (Å²) in [5, 5.41) is 12.4. The van der Waals surface area contributed by atoms with Gasteiger partial charge in [0.05, 0.1) is 17.8 Å². The van der Waals surface area contributed by atoms with Gasteiger partial charge in [0.25, 0.3) is 0 Å². The number of benzene rings is 1. The third kappa shape index (κ3) is 2.81. The number of hydrogen-bond acceptors (Lipinski definition) is 5. The molecule has 0 aliphatic carbocycles. The third-order valence-corrected chi connectivity index (χ3v) is 3.12. The van der Waals surface area contributed by atoms with Crippen LogP contribution in [-0.4, -0.2) is 25.1 Å². The lowest BCUT2D eigenvalue weighted by Crippen LogP contribution is -2.00. The van der Waals surface area contributed by atoms with Crippen molar-refractivity contribution in [2.75, 3.05) is 0 Å². The molecule has 6 nitrogen and oxygen atoms in total. The van der Waals surface area contributed by atoms with Crippen molar-refractivity contribution in [2.45, 2.75) is 12.4 Å². The quantitative estimate of drug-likeness (QED) is 0.693. The minimum absolute atomic E-state index is 0.319. The first-order valence-corrected chi connectivity index (χ1v) is 6.69. The van der Waals surface area contributed by atoms with E-state index < -0.39 is 0 Å². The lowest BCUT2D eigenvalue weighted by atomic mass is 10.2. The summed E-state index contributed by atoms with van der Waals surface area (Å²) in [6, 6.07) is 7.21. The molecule has 0 aliphatic rings. The first-order chi connectivity index (χ1) is 9.74. The smallest absolute Gasteiger partial charge is 0.248 e. The molecule has 2 heterocycles. The van der Waals surface area contributed by atoms with Crippen LogP contribution in [0.3, 0.4) is 0 Å². The molecule has 0 unspecified atom stereocenters. The summed E-state index contributed by atoms with van der Waals surface area (Å²) < 4.78 is 6.77. The fourth-order valence-electron chi connectivity index (χ4n) is 1.65. The van der Waals surface area contributed by atoms with Crippen molar-refractivity contribution in [3.05, 3.63) is 47.1 Å². The third-order valence-electron chi connectivity index (χ3n) is 2.59. The van der Waals surface area contributed by atoms with Gasteiger partial charge in [0, 0.05) is 10.6 Å². The van der Waals surface area contributed by atoms with Crippen molar-refractivity contribution >= 4 is 23.2 Å². The van der Waals surface area contributed by atoms with Gasteiger partial charge in [-0.2, -0.15) is 4.98 Å². The summed E-state index contributed by atoms with van der Waals surface area (Å²) in [6.07, 6.45) is 1.74. The molecule has 2 aromatic heterocycles. The normalized spacial score (nSPS) is 10.9. The topological polar surface area (TPSA) is 69.6 Å². The maximum atomic E-state index is 5.83. The van der Waals surface area contributed by atoms with Crippen molar-refractivity contribution in [1.29, 1.82) is 0 Å². The van der Waals surface area contributed by atoms with Crippen LogP contribution >= 0.6 is 23.2 Å². The largest absolute Gasteiger partial charge is 0.337 e. The lowest BCUT2D eigenvalue weighted by Gasteiger charge is -1.94. The summed E-state index contributed by atoms with van der Waals surface area (Å²) >= 11 is 11.5. The van der Waals surface area contributed by atoms with Crippen LogP contribution in [0.2, 0.25) is 5.02 Å². The maximum absolute atomic E-state index is 5.83. The van der Waals surface area contributed by atoms with E-state index in [2.05, 4.69) is 20.5 Å². The van der Waals surface area contributed by atoms with E-state index in [0.29, 0.717) is 34.9 Å². The molecule has 0 saturated carbocycles. The van der Waals surface area contributed by atoms with Crippen LogP contribution in [0.1, 0.15) is 11.6 Å². The molecule has 0 amide bonds. The predicted octanol–water partition coefficient (Wildman–Crippen LogP) is 2.77. The van der Waals surface area contributed by atoms with E-state index in [-0.39, 0.29) is 0 Å². The Morgan fingerprint density at radius 1 is 1.20 bits per heavy atom. The Labute approximate surface area is 124 Å². The molecule has 0 N–H and O–H groups in total. The Hall–Kier alpha value is -1.92. The zero-order valence-electron chi connectivity index (χ0n) is 10.2. The average molecular weight is 310 g/mol. The summed E-state index contributed by atoms with van der Waals surface area (Å²) in [7, 11) is 0. The molecule has 1 aromatic carbocycles. The minimum Gasteiger partial charge on any atom is -0.337 e. The molecule has 8 heteroatoms. The molecule has 0 radical (unpaired) electrons. The van der Waals surface area contributed by atoms with Gasteiger partial charge in [0.15, 0.2) is 0 Å². The van der Waals surface area contributed by atoms with E-state index in [1.165, 1.54) is 0 Å². The van der Waals surface area contributed by atoms with E-state index in [4.69, 9.17) is 27.7 Å². The van der Waals surface area contributed by atoms with E-state index in [0.717, 1.165) is 5.56 Å². The Bertz CT molecular complexity index is 707. The second kappa shape index (κ2) is 5.60. The zero-order valence-corrected chi connectivity index (χ0v) is 11.7. The zero-order chi connectivity index (χ0) is 13.9. The molecule has 0 saturated heterocycles. The standard InChI is InChI=1S/C12H9Cl2N5O/c13-5-10-6-19(18-16-10)7-11-15-12(17-20-11)8-1-3-9(14)4-2-8/h1-4,6H,5,7H2. The fourth-order valence-corrected chi connectivity index (χ4v) is 1.90. The van der Waals surface area contributed by atoms with Gasteiger partial charge in [-0.05, 0) is 24.3 Å². The van der Waals surface area contributed by atoms with Gasteiger partial charge in [0.1, 0.15) is 6.54 Å². The van der Waals surface area contributed by atoms with Gasteiger partial charge in [-0.3, -0.25) is 0 Å². The number of nitrogens with zero attached hydrogens (tertiary/aromatic N) is 5. The average Bonchev–Trinajstić information content (AvgIpc) is 3.09. The highest BCUT2D eigenvalue weighted by molar-refractivity contribution is 6.30. The van der Waals surface area contributed by atoms with Crippen LogP contribution < -0.4 is 0 Å². The lowest BCUT2D eigenvalue weighted by molar-refractivity contribution is 0.364. The Balaban J connectivity index is 1.78. The Kier molecular flexibility index (Phi) is 3.66. The van der Waals surface area contributed by atoms with E-state index in [9.17, 15) is 0 Å². The number of aromatic nitrogens is 5. The number of halogens is 2. The van der Waals surface area contributed by atoms with Crippen LogP contribution in [-0.2, 0) is 12.4 Å². The molecular weight excluding hydrogens is 301 g/mol. The summed E-state index contributed by atoms with van der Waals surface area (Å²) in [5.74, 6) is 1.27. The van der Waals surface area contributed by atoms with Crippen molar-refractivity contribution in [1.82, 2.24) is 25.1 Å². The van der Waals surface area contributed by atoms with Crippen LogP contribution in [0.5, 0.6) is 0 Å². The second-order valence-corrected chi connectivity index (χ2v) is 4.76. The number of alkyl halides is 1. The van der Waals surface area contributed by atoms with Crippen molar-refractivity contribution in [3.63, 3.8) is 0 Å². The molecular formula is C12H9Cl2N5O. The molecule has 0 spiro atoms. The summed E-state index contributed by atoms with van der Waals surface area (Å²) in [4.78, 5) is 4.30. The maximum Gasteiger partial charge on any atom is 0.248 e. The van der Waals surface area contributed by atoms with Gasteiger partial charge in [0.2, 0.25) is 11.7 Å².